The van der Waals surface area contributed by atoms with Crippen molar-refractivity contribution in [3.63, 3.8) is 0 Å². The number of aryl methyl sites for hydroxylation is 1. The van der Waals surface area contributed by atoms with Crippen LogP contribution in [0.15, 0.2) is 28.6 Å². The van der Waals surface area contributed by atoms with E-state index in [0.717, 1.165) is 21.6 Å². The molecule has 0 fully saturated rings. The lowest BCUT2D eigenvalue weighted by Crippen LogP contribution is -2.05. The van der Waals surface area contributed by atoms with Crippen LogP contribution in [0.5, 0.6) is 0 Å². The van der Waals surface area contributed by atoms with Crippen LogP contribution < -0.4 is 16.8 Å². The van der Waals surface area contributed by atoms with Gasteiger partial charge in [-0.05, 0) is 18.1 Å². The van der Waals surface area contributed by atoms with Gasteiger partial charge in [-0.25, -0.2) is 0 Å². The Morgan fingerprint density at radius 1 is 1.08 bits per heavy atom. The Hall–Kier alpha value is -2.46. The summed E-state index contributed by atoms with van der Waals surface area (Å²) in [7, 11) is 0. The maximum absolute atomic E-state index is 5.56. The molecule has 0 unspecified atom stereocenters. The van der Waals surface area contributed by atoms with Crippen molar-refractivity contribution >= 4 is 45.8 Å². The number of nitrogens with zero attached hydrogens (tertiary/aromatic N) is 5. The van der Waals surface area contributed by atoms with E-state index in [1.165, 1.54) is 28.7 Å². The van der Waals surface area contributed by atoms with Gasteiger partial charge in [-0.1, -0.05) is 48.2 Å². The predicted molar refractivity (Wildman–Crippen MR) is 97.2 cm³/mol. The van der Waals surface area contributed by atoms with E-state index in [9.17, 15) is 0 Å². The van der Waals surface area contributed by atoms with Gasteiger partial charge in [0.1, 0.15) is 5.82 Å². The molecule has 0 aliphatic heterocycles. The minimum Gasteiger partial charge on any atom is -0.368 e. The highest BCUT2D eigenvalue weighted by molar-refractivity contribution is 8.00. The molecule has 0 aliphatic carbocycles. The molecule has 0 radical (unpaired) electrons. The van der Waals surface area contributed by atoms with E-state index in [1.807, 2.05) is 18.2 Å². The summed E-state index contributed by atoms with van der Waals surface area (Å²) >= 11 is 2.94. The van der Waals surface area contributed by atoms with Crippen molar-refractivity contribution in [1.82, 2.24) is 25.1 Å². The third kappa shape index (κ3) is 4.09. The Morgan fingerprint density at radius 2 is 1.83 bits per heavy atom. The number of aromatic nitrogens is 5. The number of rotatable bonds is 6. The molecule has 10 heteroatoms. The third-order valence-corrected chi connectivity index (χ3v) is 5.06. The molecule has 0 saturated heterocycles. The first-order valence-corrected chi connectivity index (χ1v) is 9.01. The fourth-order valence-corrected chi connectivity index (χ4v) is 3.65. The average Bonchev–Trinajstić information content (AvgIpc) is 3.00. The van der Waals surface area contributed by atoms with Gasteiger partial charge in [0.2, 0.25) is 17.0 Å². The summed E-state index contributed by atoms with van der Waals surface area (Å²) in [6.07, 6.45) is 0.950. The number of para-hydroxylation sites is 1. The highest BCUT2D eigenvalue weighted by Gasteiger charge is 2.09. The zero-order valence-electron chi connectivity index (χ0n) is 12.9. The number of hydrogen-bond acceptors (Lipinski definition) is 10. The summed E-state index contributed by atoms with van der Waals surface area (Å²) in [4.78, 5) is 11.8. The molecule has 0 amide bonds. The average molecular weight is 360 g/mol. The van der Waals surface area contributed by atoms with Crippen molar-refractivity contribution in [1.29, 1.82) is 0 Å². The topological polar surface area (TPSA) is 129 Å². The van der Waals surface area contributed by atoms with Crippen molar-refractivity contribution in [3.05, 3.63) is 35.7 Å². The van der Waals surface area contributed by atoms with Crippen LogP contribution in [0.2, 0.25) is 0 Å². The highest BCUT2D eigenvalue weighted by Crippen LogP contribution is 2.30. The van der Waals surface area contributed by atoms with Crippen LogP contribution >= 0.6 is 23.1 Å². The number of thioether (sulfide) groups is 1. The fourth-order valence-electron chi connectivity index (χ4n) is 2.03. The Kier molecular flexibility index (Phi) is 5.06. The van der Waals surface area contributed by atoms with Crippen LogP contribution in [0, 0.1) is 0 Å². The molecule has 0 spiro atoms. The van der Waals surface area contributed by atoms with Gasteiger partial charge >= 0.3 is 0 Å². The van der Waals surface area contributed by atoms with Crippen molar-refractivity contribution in [2.75, 3.05) is 16.8 Å². The molecule has 0 atom stereocenters. The number of nitrogens with one attached hydrogen (secondary N) is 1. The SMILES string of the molecule is CCc1ccccc1Nc1nnc(SCc2nc(N)nc(N)n2)s1. The van der Waals surface area contributed by atoms with E-state index in [4.69, 9.17) is 11.5 Å². The van der Waals surface area contributed by atoms with Crippen LogP contribution in [0.25, 0.3) is 0 Å². The van der Waals surface area contributed by atoms with Crippen molar-refractivity contribution in [2.45, 2.75) is 23.4 Å². The van der Waals surface area contributed by atoms with Gasteiger partial charge < -0.3 is 16.8 Å². The molecule has 8 nitrogen and oxygen atoms in total. The quantitative estimate of drug-likeness (QED) is 0.568. The van der Waals surface area contributed by atoms with Gasteiger partial charge in [0, 0.05) is 5.69 Å². The summed E-state index contributed by atoms with van der Waals surface area (Å²) in [5.74, 6) is 1.26. The maximum Gasteiger partial charge on any atom is 0.225 e. The van der Waals surface area contributed by atoms with Crippen LogP contribution in [-0.2, 0) is 12.2 Å². The van der Waals surface area contributed by atoms with Gasteiger partial charge in [-0.2, -0.15) is 15.0 Å². The summed E-state index contributed by atoms with van der Waals surface area (Å²) in [5.41, 5.74) is 13.4. The molecule has 0 saturated carbocycles. The van der Waals surface area contributed by atoms with Crippen LogP contribution in [0.4, 0.5) is 22.7 Å². The smallest absolute Gasteiger partial charge is 0.225 e. The first-order chi connectivity index (χ1) is 11.6. The molecular formula is C14H16N8S2. The Labute approximate surface area is 147 Å². The van der Waals surface area contributed by atoms with Crippen LogP contribution in [-0.4, -0.2) is 25.1 Å². The minimum absolute atomic E-state index is 0.119. The zero-order chi connectivity index (χ0) is 16.9. The maximum atomic E-state index is 5.56. The van der Waals surface area contributed by atoms with Crippen LogP contribution in [0.1, 0.15) is 18.3 Å². The Bertz CT molecular complexity index is 815. The molecule has 1 aromatic carbocycles. The first kappa shape index (κ1) is 16.4. The summed E-state index contributed by atoms with van der Waals surface area (Å²) in [6, 6.07) is 8.14. The lowest BCUT2D eigenvalue weighted by atomic mass is 10.1. The zero-order valence-corrected chi connectivity index (χ0v) is 14.6. The number of nitrogens with two attached hydrogens (primary N) is 2. The predicted octanol–water partition coefficient (Wildman–Crippen LogP) is 2.49. The molecule has 124 valence electrons. The number of benzene rings is 1. The van der Waals surface area contributed by atoms with Crippen molar-refractivity contribution in [2.24, 2.45) is 0 Å². The molecule has 5 N–H and O–H groups in total. The number of nitrogen functional groups attached to an aromatic ring is 2. The highest BCUT2D eigenvalue weighted by atomic mass is 32.2. The van der Waals surface area contributed by atoms with Crippen LogP contribution in [0.3, 0.4) is 0 Å². The molecule has 0 aliphatic rings. The van der Waals surface area contributed by atoms with Crippen molar-refractivity contribution in [3.8, 4) is 0 Å². The molecule has 24 heavy (non-hydrogen) atoms. The van der Waals surface area contributed by atoms with Gasteiger partial charge in [0.25, 0.3) is 0 Å². The molecule has 2 aromatic heterocycles. The standard InChI is InChI=1S/C14H16N8S2/c1-2-8-5-3-4-6-9(8)17-13-21-22-14(24-13)23-7-10-18-11(15)20-12(16)19-10/h3-6H,2,7H2,1H3,(H,17,21)(H4,15,16,18,19,20). The van der Waals surface area contributed by atoms with Gasteiger partial charge in [0.15, 0.2) is 4.34 Å². The van der Waals surface area contributed by atoms with E-state index in [0.29, 0.717) is 11.6 Å². The Morgan fingerprint density at radius 3 is 2.58 bits per heavy atom. The second-order valence-corrected chi connectivity index (χ2v) is 6.97. The van der Waals surface area contributed by atoms with Crippen molar-refractivity contribution < 1.29 is 0 Å². The van der Waals surface area contributed by atoms with E-state index in [2.05, 4.69) is 43.5 Å². The lowest BCUT2D eigenvalue weighted by molar-refractivity contribution is 0.980. The second kappa shape index (κ2) is 7.41. The largest absolute Gasteiger partial charge is 0.368 e. The van der Waals surface area contributed by atoms with Gasteiger partial charge in [0.05, 0.1) is 5.75 Å². The van der Waals surface area contributed by atoms with E-state index in [-0.39, 0.29) is 11.9 Å². The number of hydrogen-bond donors (Lipinski definition) is 3. The summed E-state index contributed by atoms with van der Waals surface area (Å²) in [5, 5.41) is 12.4. The van der Waals surface area contributed by atoms with E-state index in [1.54, 1.807) is 0 Å². The normalized spacial score (nSPS) is 10.7. The monoisotopic (exact) mass is 360 g/mol. The first-order valence-electron chi connectivity index (χ1n) is 7.21. The fraction of sp³-hybridized carbons (Fsp3) is 0.214. The molecule has 3 aromatic rings. The van der Waals surface area contributed by atoms with E-state index < -0.39 is 0 Å². The second-order valence-electron chi connectivity index (χ2n) is 4.77. The van der Waals surface area contributed by atoms with E-state index >= 15 is 0 Å². The molecule has 0 bridgehead atoms. The molecule has 2 heterocycles. The lowest BCUT2D eigenvalue weighted by Gasteiger charge is -2.06. The molecule has 3 rings (SSSR count). The Balaban J connectivity index is 1.65. The van der Waals surface area contributed by atoms with Gasteiger partial charge in [-0.3, -0.25) is 0 Å². The van der Waals surface area contributed by atoms with Gasteiger partial charge in [-0.15, -0.1) is 10.2 Å². The summed E-state index contributed by atoms with van der Waals surface area (Å²) < 4.78 is 0.809. The molecular weight excluding hydrogens is 344 g/mol. The minimum atomic E-state index is 0.119. The third-order valence-electron chi connectivity index (χ3n) is 3.09. The summed E-state index contributed by atoms with van der Waals surface area (Å²) in [6.45, 7) is 2.12. The number of anilines is 4.